The molecule has 6 heteroatoms. The van der Waals surface area contributed by atoms with E-state index in [1.807, 2.05) is 42.6 Å². The van der Waals surface area contributed by atoms with Crippen LogP contribution in [0.3, 0.4) is 0 Å². The lowest BCUT2D eigenvalue weighted by atomic mass is 10.0. The van der Waals surface area contributed by atoms with Crippen molar-refractivity contribution in [3.63, 3.8) is 0 Å². The van der Waals surface area contributed by atoms with Gasteiger partial charge in [0.2, 0.25) is 0 Å². The van der Waals surface area contributed by atoms with Crippen molar-refractivity contribution >= 4 is 28.0 Å². The first-order valence-electron chi connectivity index (χ1n) is 8.63. The highest BCUT2D eigenvalue weighted by Gasteiger charge is 2.32. The molecule has 1 aliphatic rings. The number of piperidine rings is 1. The van der Waals surface area contributed by atoms with Gasteiger partial charge in [0.15, 0.2) is 0 Å². The first-order valence-corrected chi connectivity index (χ1v) is 9.51. The maximum atomic E-state index is 12.6. The minimum atomic E-state index is -0.711. The molecule has 1 aromatic carbocycles. The van der Waals surface area contributed by atoms with Crippen LogP contribution in [-0.2, 0) is 0 Å². The van der Waals surface area contributed by atoms with Crippen LogP contribution >= 0.6 is 11.3 Å². The zero-order valence-electron chi connectivity index (χ0n) is 14.5. The van der Waals surface area contributed by atoms with E-state index in [-0.39, 0.29) is 18.6 Å². The van der Waals surface area contributed by atoms with E-state index in [4.69, 9.17) is 4.74 Å². The van der Waals surface area contributed by atoms with Gasteiger partial charge in [-0.15, -0.1) is 11.3 Å². The Morgan fingerprint density at radius 1 is 1.31 bits per heavy atom. The lowest BCUT2D eigenvalue weighted by Gasteiger charge is -2.35. The summed E-state index contributed by atoms with van der Waals surface area (Å²) in [5.74, 6) is 0.704. The van der Waals surface area contributed by atoms with E-state index in [1.54, 1.807) is 17.3 Å². The van der Waals surface area contributed by atoms with Crippen molar-refractivity contribution in [3.8, 4) is 5.75 Å². The Labute approximate surface area is 155 Å². The van der Waals surface area contributed by atoms with Crippen LogP contribution in [0, 0.1) is 6.92 Å². The molecule has 4 rings (SSSR count). The monoisotopic (exact) mass is 368 g/mol. The summed E-state index contributed by atoms with van der Waals surface area (Å²) in [4.78, 5) is 19.2. The number of aromatic nitrogens is 1. The summed E-state index contributed by atoms with van der Waals surface area (Å²) in [6.45, 7) is 2.80. The van der Waals surface area contributed by atoms with Gasteiger partial charge in [0.25, 0.3) is 5.91 Å². The number of nitrogens with zero attached hydrogens (tertiary/aromatic N) is 2. The minimum absolute atomic E-state index is 0.00761. The third-order valence-corrected chi connectivity index (χ3v) is 5.77. The van der Waals surface area contributed by atoms with Crippen LogP contribution in [-0.4, -0.2) is 46.2 Å². The molecule has 1 aliphatic heterocycles. The van der Waals surface area contributed by atoms with E-state index in [0.717, 1.165) is 21.2 Å². The first-order chi connectivity index (χ1) is 12.6. The second kappa shape index (κ2) is 7.05. The summed E-state index contributed by atoms with van der Waals surface area (Å²) < 4.78 is 6.01. The van der Waals surface area contributed by atoms with Gasteiger partial charge in [-0.05, 0) is 47.5 Å². The Morgan fingerprint density at radius 3 is 2.96 bits per heavy atom. The molecule has 0 saturated carbocycles. The van der Waals surface area contributed by atoms with Crippen molar-refractivity contribution in [3.05, 3.63) is 58.5 Å². The van der Waals surface area contributed by atoms with Crippen LogP contribution in [0.5, 0.6) is 5.75 Å². The maximum Gasteiger partial charge on any atom is 0.264 e. The number of aliphatic hydroxyl groups is 1. The van der Waals surface area contributed by atoms with Crippen LogP contribution < -0.4 is 4.74 Å². The maximum absolute atomic E-state index is 12.6. The topological polar surface area (TPSA) is 62.7 Å². The lowest BCUT2D eigenvalue weighted by molar-refractivity contribution is -0.0197. The predicted molar refractivity (Wildman–Crippen MR) is 102 cm³/mol. The number of pyridine rings is 1. The Morgan fingerprint density at radius 2 is 2.19 bits per heavy atom. The third kappa shape index (κ3) is 3.30. The van der Waals surface area contributed by atoms with Crippen LogP contribution in [0.25, 0.3) is 10.8 Å². The number of likely N-dealkylation sites (tertiary alicyclic amines) is 1. The zero-order valence-corrected chi connectivity index (χ0v) is 15.3. The largest absolute Gasteiger partial charge is 0.488 e. The molecule has 0 unspecified atom stereocenters. The van der Waals surface area contributed by atoms with E-state index in [1.165, 1.54) is 11.3 Å². The molecular formula is C20H20N2O3S. The van der Waals surface area contributed by atoms with Crippen molar-refractivity contribution in [2.24, 2.45) is 0 Å². The molecule has 1 fully saturated rings. The molecule has 0 bridgehead atoms. The van der Waals surface area contributed by atoms with Gasteiger partial charge in [0, 0.05) is 30.7 Å². The Kier molecular flexibility index (Phi) is 4.61. The number of ether oxygens (including phenoxy) is 1. The number of hydrogen-bond acceptors (Lipinski definition) is 5. The summed E-state index contributed by atoms with van der Waals surface area (Å²) in [6, 6.07) is 9.71. The smallest absolute Gasteiger partial charge is 0.264 e. The average Bonchev–Trinajstić information content (AvgIpc) is 3.08. The number of amides is 1. The van der Waals surface area contributed by atoms with Crippen molar-refractivity contribution in [1.82, 2.24) is 9.88 Å². The fourth-order valence-corrected chi connectivity index (χ4v) is 4.17. The number of fused-ring (bicyclic) bond motifs is 1. The number of β-amino-alcohol motifs (C(OH)–C–C–N with tert-alkyl or cyclic N) is 1. The molecule has 0 spiro atoms. The number of benzene rings is 1. The fourth-order valence-electron chi connectivity index (χ4n) is 3.28. The molecule has 26 heavy (non-hydrogen) atoms. The van der Waals surface area contributed by atoms with Gasteiger partial charge in [-0.25, -0.2) is 0 Å². The average molecular weight is 368 g/mol. The number of aliphatic hydroxyl groups excluding tert-OH is 1. The quantitative estimate of drug-likeness (QED) is 0.771. The highest BCUT2D eigenvalue weighted by molar-refractivity contribution is 7.12. The molecule has 1 N–H and O–H groups in total. The van der Waals surface area contributed by atoms with Gasteiger partial charge in [0.05, 0.1) is 11.4 Å². The van der Waals surface area contributed by atoms with Crippen molar-refractivity contribution < 1.29 is 14.6 Å². The molecule has 3 aromatic rings. The number of carbonyl (C=O) groups excluding carboxylic acids is 1. The first kappa shape index (κ1) is 17.0. The molecule has 1 amide bonds. The molecule has 2 aromatic heterocycles. The van der Waals surface area contributed by atoms with Crippen molar-refractivity contribution in [2.75, 3.05) is 13.1 Å². The Bertz CT molecular complexity index is 939. The third-order valence-electron chi connectivity index (χ3n) is 4.76. The highest BCUT2D eigenvalue weighted by Crippen LogP contribution is 2.25. The van der Waals surface area contributed by atoms with Gasteiger partial charge in [-0.3, -0.25) is 9.78 Å². The van der Waals surface area contributed by atoms with E-state index in [9.17, 15) is 9.90 Å². The molecule has 0 radical (unpaired) electrons. The van der Waals surface area contributed by atoms with Gasteiger partial charge in [0.1, 0.15) is 18.0 Å². The standard InChI is InChI=1S/C20H20N2O3S/c1-13-6-9-26-19(13)20(24)22-8-5-18(17(23)12-22)25-16-3-2-14-4-7-21-11-15(14)10-16/h2-4,6-7,9-11,17-18,23H,5,8,12H2,1H3/t17-,18-/m1/s1. The summed E-state index contributed by atoms with van der Waals surface area (Å²) in [7, 11) is 0. The van der Waals surface area contributed by atoms with E-state index < -0.39 is 6.10 Å². The molecular weight excluding hydrogens is 348 g/mol. The molecule has 1 saturated heterocycles. The van der Waals surface area contributed by atoms with Crippen LogP contribution in [0.1, 0.15) is 21.7 Å². The predicted octanol–water partition coefficient (Wildman–Crippen LogP) is 3.26. The number of carbonyl (C=O) groups is 1. The SMILES string of the molecule is Cc1ccsc1C(=O)N1CC[C@@H](Oc2ccc3ccncc3c2)[C@H](O)C1. The fraction of sp³-hybridized carbons (Fsp3) is 0.300. The van der Waals surface area contributed by atoms with Crippen LogP contribution in [0.4, 0.5) is 0 Å². The van der Waals surface area contributed by atoms with E-state index >= 15 is 0 Å². The molecule has 5 nitrogen and oxygen atoms in total. The van der Waals surface area contributed by atoms with E-state index in [0.29, 0.717) is 18.7 Å². The summed E-state index contributed by atoms with van der Waals surface area (Å²) >= 11 is 1.45. The lowest BCUT2D eigenvalue weighted by Crippen LogP contribution is -2.51. The van der Waals surface area contributed by atoms with Gasteiger partial charge >= 0.3 is 0 Å². The molecule has 2 atom stereocenters. The Hall–Kier alpha value is -2.44. The van der Waals surface area contributed by atoms with Crippen molar-refractivity contribution in [1.29, 1.82) is 0 Å². The summed E-state index contributed by atoms with van der Waals surface area (Å²) in [5.41, 5.74) is 0.984. The van der Waals surface area contributed by atoms with Gasteiger partial charge in [-0.1, -0.05) is 6.07 Å². The van der Waals surface area contributed by atoms with E-state index in [2.05, 4.69) is 4.98 Å². The minimum Gasteiger partial charge on any atom is -0.488 e. The second-order valence-electron chi connectivity index (χ2n) is 6.58. The molecule has 0 aliphatic carbocycles. The zero-order chi connectivity index (χ0) is 18.1. The summed E-state index contributed by atoms with van der Waals surface area (Å²) in [6.07, 6.45) is 3.12. The van der Waals surface area contributed by atoms with Crippen molar-refractivity contribution in [2.45, 2.75) is 25.6 Å². The normalized spacial score (nSPS) is 20.3. The molecule has 134 valence electrons. The number of hydrogen-bond donors (Lipinski definition) is 1. The number of aryl methyl sites for hydroxylation is 1. The highest BCUT2D eigenvalue weighted by atomic mass is 32.1. The summed E-state index contributed by atoms with van der Waals surface area (Å²) in [5, 5.41) is 14.5. The second-order valence-corrected chi connectivity index (χ2v) is 7.50. The van der Waals surface area contributed by atoms with Gasteiger partial charge in [-0.2, -0.15) is 0 Å². The van der Waals surface area contributed by atoms with Crippen LogP contribution in [0.15, 0.2) is 48.1 Å². The number of rotatable bonds is 3. The Balaban J connectivity index is 1.43. The van der Waals surface area contributed by atoms with Gasteiger partial charge < -0.3 is 14.7 Å². The molecule has 3 heterocycles. The number of thiophene rings is 1. The van der Waals surface area contributed by atoms with Crippen LogP contribution in [0.2, 0.25) is 0 Å².